The Morgan fingerprint density at radius 3 is 2.64 bits per heavy atom. The summed E-state index contributed by atoms with van der Waals surface area (Å²) in [5, 5.41) is 4.33. The van der Waals surface area contributed by atoms with Gasteiger partial charge in [-0.2, -0.15) is 0 Å². The van der Waals surface area contributed by atoms with Gasteiger partial charge in [-0.25, -0.2) is 15.6 Å². The standard InChI is InChI=1S/C16H25N3O3/c1-16(2,3)22-15(20)19(17)13-6-4-12(5-7-13)10-14-11-18-8-9-21-14/h4-7,14,18H,8-11,17H2,1-3H3. The molecule has 1 saturated heterocycles. The van der Waals surface area contributed by atoms with Gasteiger partial charge in [0, 0.05) is 13.1 Å². The summed E-state index contributed by atoms with van der Waals surface area (Å²) in [4.78, 5) is 11.9. The fraction of sp³-hybridized carbons (Fsp3) is 0.562. The van der Waals surface area contributed by atoms with Crippen molar-refractivity contribution in [1.82, 2.24) is 5.32 Å². The Labute approximate surface area is 131 Å². The molecule has 0 radical (unpaired) electrons. The minimum Gasteiger partial charge on any atom is -0.442 e. The van der Waals surface area contributed by atoms with E-state index in [1.54, 1.807) is 20.8 Å². The smallest absolute Gasteiger partial charge is 0.429 e. The number of amides is 1. The van der Waals surface area contributed by atoms with Gasteiger partial charge in [0.05, 0.1) is 18.4 Å². The second kappa shape index (κ2) is 7.09. The van der Waals surface area contributed by atoms with Crippen LogP contribution >= 0.6 is 0 Å². The van der Waals surface area contributed by atoms with Crippen molar-refractivity contribution in [2.75, 3.05) is 24.7 Å². The number of hydrogen-bond donors (Lipinski definition) is 2. The molecule has 3 N–H and O–H groups in total. The van der Waals surface area contributed by atoms with Crippen LogP contribution in [-0.4, -0.2) is 37.5 Å². The summed E-state index contributed by atoms with van der Waals surface area (Å²) in [5.41, 5.74) is 1.18. The van der Waals surface area contributed by atoms with Gasteiger partial charge in [0.2, 0.25) is 0 Å². The van der Waals surface area contributed by atoms with E-state index in [1.165, 1.54) is 0 Å². The second-order valence-corrected chi connectivity index (χ2v) is 6.42. The molecule has 22 heavy (non-hydrogen) atoms. The van der Waals surface area contributed by atoms with E-state index in [4.69, 9.17) is 15.3 Å². The molecule has 1 aliphatic rings. The first-order valence-corrected chi connectivity index (χ1v) is 7.54. The van der Waals surface area contributed by atoms with Crippen LogP contribution in [-0.2, 0) is 15.9 Å². The van der Waals surface area contributed by atoms with E-state index in [9.17, 15) is 4.79 Å². The monoisotopic (exact) mass is 307 g/mol. The number of nitrogens with zero attached hydrogens (tertiary/aromatic N) is 1. The zero-order valence-corrected chi connectivity index (χ0v) is 13.5. The zero-order valence-electron chi connectivity index (χ0n) is 13.5. The van der Waals surface area contributed by atoms with E-state index in [-0.39, 0.29) is 6.10 Å². The number of rotatable bonds is 3. The number of anilines is 1. The molecule has 6 nitrogen and oxygen atoms in total. The van der Waals surface area contributed by atoms with E-state index in [1.807, 2.05) is 24.3 Å². The summed E-state index contributed by atoms with van der Waals surface area (Å²) < 4.78 is 10.9. The average molecular weight is 307 g/mol. The van der Waals surface area contributed by atoms with Crippen molar-refractivity contribution in [3.05, 3.63) is 29.8 Å². The zero-order chi connectivity index (χ0) is 16.2. The molecule has 0 bridgehead atoms. The van der Waals surface area contributed by atoms with Gasteiger partial charge in [-0.15, -0.1) is 0 Å². The summed E-state index contributed by atoms with van der Waals surface area (Å²) in [7, 11) is 0. The van der Waals surface area contributed by atoms with Crippen LogP contribution in [0.3, 0.4) is 0 Å². The van der Waals surface area contributed by atoms with E-state index >= 15 is 0 Å². The van der Waals surface area contributed by atoms with Crippen molar-refractivity contribution in [3.8, 4) is 0 Å². The van der Waals surface area contributed by atoms with Crippen LogP contribution in [0.2, 0.25) is 0 Å². The molecule has 0 aliphatic carbocycles. The molecule has 1 amide bonds. The van der Waals surface area contributed by atoms with Gasteiger partial charge >= 0.3 is 6.09 Å². The van der Waals surface area contributed by atoms with Gasteiger partial charge in [0.25, 0.3) is 0 Å². The van der Waals surface area contributed by atoms with E-state index < -0.39 is 11.7 Å². The first kappa shape index (κ1) is 16.7. The molecule has 1 atom stereocenters. The minimum absolute atomic E-state index is 0.194. The molecular formula is C16H25N3O3. The third kappa shape index (κ3) is 4.98. The van der Waals surface area contributed by atoms with Crippen molar-refractivity contribution < 1.29 is 14.3 Å². The highest BCUT2D eigenvalue weighted by Gasteiger charge is 2.21. The molecular weight excluding hydrogens is 282 g/mol. The normalized spacial score (nSPS) is 18.8. The van der Waals surface area contributed by atoms with Gasteiger partial charge in [-0.05, 0) is 44.9 Å². The number of hydrogen-bond acceptors (Lipinski definition) is 5. The second-order valence-electron chi connectivity index (χ2n) is 6.42. The van der Waals surface area contributed by atoms with Crippen LogP contribution in [0.15, 0.2) is 24.3 Å². The lowest BCUT2D eigenvalue weighted by atomic mass is 10.1. The van der Waals surface area contributed by atoms with Crippen LogP contribution < -0.4 is 16.2 Å². The number of nitrogens with two attached hydrogens (primary N) is 1. The summed E-state index contributed by atoms with van der Waals surface area (Å²) in [6.07, 6.45) is 0.462. The number of benzene rings is 1. The molecule has 2 rings (SSSR count). The summed E-state index contributed by atoms with van der Waals surface area (Å²) in [6, 6.07) is 7.54. The van der Waals surface area contributed by atoms with E-state index in [2.05, 4.69) is 5.32 Å². The van der Waals surface area contributed by atoms with Gasteiger partial charge < -0.3 is 14.8 Å². The maximum absolute atomic E-state index is 11.9. The SMILES string of the molecule is CC(C)(C)OC(=O)N(N)c1ccc(CC2CNCCO2)cc1. The Hall–Kier alpha value is -1.63. The van der Waals surface area contributed by atoms with Crippen molar-refractivity contribution >= 4 is 11.8 Å². The Bertz CT molecular complexity index is 490. The van der Waals surface area contributed by atoms with Gasteiger partial charge in [-0.3, -0.25) is 0 Å². The lowest BCUT2D eigenvalue weighted by molar-refractivity contribution is 0.0292. The third-order valence-corrected chi connectivity index (χ3v) is 3.27. The maximum atomic E-state index is 11.9. The van der Waals surface area contributed by atoms with Gasteiger partial charge in [-0.1, -0.05) is 12.1 Å². The predicted molar refractivity (Wildman–Crippen MR) is 85.7 cm³/mol. The number of carbonyl (C=O) groups excluding carboxylic acids is 1. The molecule has 0 saturated carbocycles. The first-order chi connectivity index (χ1) is 10.3. The molecule has 0 aromatic heterocycles. The van der Waals surface area contributed by atoms with Crippen molar-refractivity contribution in [2.24, 2.45) is 5.84 Å². The number of hydrazine groups is 1. The Morgan fingerprint density at radius 2 is 2.09 bits per heavy atom. The third-order valence-electron chi connectivity index (χ3n) is 3.27. The fourth-order valence-corrected chi connectivity index (χ4v) is 2.22. The van der Waals surface area contributed by atoms with Crippen LogP contribution in [0.25, 0.3) is 0 Å². The maximum Gasteiger partial charge on any atom is 0.429 e. The van der Waals surface area contributed by atoms with Crippen molar-refractivity contribution in [3.63, 3.8) is 0 Å². The summed E-state index contributed by atoms with van der Waals surface area (Å²) in [6.45, 7) is 7.94. The highest BCUT2D eigenvalue weighted by molar-refractivity contribution is 5.86. The molecule has 1 aliphatic heterocycles. The molecule has 1 aromatic carbocycles. The number of nitrogens with one attached hydrogen (secondary N) is 1. The summed E-state index contributed by atoms with van der Waals surface area (Å²) in [5.74, 6) is 5.80. The molecule has 0 spiro atoms. The Kier molecular flexibility index (Phi) is 5.39. The van der Waals surface area contributed by atoms with Crippen molar-refractivity contribution in [1.29, 1.82) is 0 Å². The summed E-state index contributed by atoms with van der Waals surface area (Å²) >= 11 is 0. The van der Waals surface area contributed by atoms with Crippen molar-refractivity contribution in [2.45, 2.75) is 38.9 Å². The molecule has 1 fully saturated rings. The van der Waals surface area contributed by atoms with E-state index in [0.717, 1.165) is 36.7 Å². The molecule has 6 heteroatoms. The Balaban J connectivity index is 1.94. The molecule has 1 aromatic rings. The first-order valence-electron chi connectivity index (χ1n) is 7.54. The van der Waals surface area contributed by atoms with Crippen LogP contribution in [0, 0.1) is 0 Å². The van der Waals surface area contributed by atoms with Crippen LogP contribution in [0.1, 0.15) is 26.3 Å². The number of ether oxygens (including phenoxy) is 2. The highest BCUT2D eigenvalue weighted by Crippen LogP contribution is 2.17. The fourth-order valence-electron chi connectivity index (χ4n) is 2.22. The number of morpholine rings is 1. The average Bonchev–Trinajstić information content (AvgIpc) is 2.46. The van der Waals surface area contributed by atoms with E-state index in [0.29, 0.717) is 5.69 Å². The van der Waals surface area contributed by atoms with Gasteiger partial charge in [0.1, 0.15) is 5.60 Å². The molecule has 122 valence electrons. The largest absolute Gasteiger partial charge is 0.442 e. The molecule has 1 heterocycles. The topological polar surface area (TPSA) is 76.8 Å². The van der Waals surface area contributed by atoms with Crippen LogP contribution in [0.4, 0.5) is 10.5 Å². The van der Waals surface area contributed by atoms with Gasteiger partial charge in [0.15, 0.2) is 0 Å². The van der Waals surface area contributed by atoms with Crippen LogP contribution in [0.5, 0.6) is 0 Å². The Morgan fingerprint density at radius 1 is 1.41 bits per heavy atom. The molecule has 1 unspecified atom stereocenters. The lowest BCUT2D eigenvalue weighted by Gasteiger charge is -2.25. The minimum atomic E-state index is -0.569. The quantitative estimate of drug-likeness (QED) is 0.506. The predicted octanol–water partition coefficient (Wildman–Crippen LogP) is 1.83. The lowest BCUT2D eigenvalue weighted by Crippen LogP contribution is -2.41. The highest BCUT2D eigenvalue weighted by atomic mass is 16.6. The number of carbonyl (C=O) groups is 1.